The van der Waals surface area contributed by atoms with Crippen LogP contribution in [0.5, 0.6) is 0 Å². The van der Waals surface area contributed by atoms with E-state index >= 15 is 0 Å². The lowest BCUT2D eigenvalue weighted by atomic mass is 9.93. The first-order valence-corrected chi connectivity index (χ1v) is 5.69. The Morgan fingerprint density at radius 3 is 2.88 bits per heavy atom. The number of hydrogen-bond donors (Lipinski definition) is 0. The summed E-state index contributed by atoms with van der Waals surface area (Å²) in [6, 6.07) is 6.48. The van der Waals surface area contributed by atoms with E-state index in [4.69, 9.17) is 5.26 Å². The predicted octanol–water partition coefficient (Wildman–Crippen LogP) is 2.93. The molecule has 84 valence electrons. The molecule has 1 aromatic carbocycles. The lowest BCUT2D eigenvalue weighted by molar-refractivity contribution is 0.380. The Kier molecular flexibility index (Phi) is 3.09. The number of benzene rings is 1. The van der Waals surface area contributed by atoms with Crippen LogP contribution < -0.4 is 4.90 Å². The molecule has 0 saturated carbocycles. The molecular weight excluding hydrogens is 203 g/mol. The average molecular weight is 218 g/mol. The van der Waals surface area contributed by atoms with Crippen molar-refractivity contribution in [1.29, 1.82) is 5.26 Å². The molecule has 3 heteroatoms. The first-order chi connectivity index (χ1) is 7.74. The molecule has 0 radical (unpaired) electrons. The van der Waals surface area contributed by atoms with E-state index in [1.807, 2.05) is 0 Å². The summed E-state index contributed by atoms with van der Waals surface area (Å²) >= 11 is 0. The molecule has 0 atom stereocenters. The van der Waals surface area contributed by atoms with Crippen LogP contribution in [0.3, 0.4) is 0 Å². The van der Waals surface area contributed by atoms with E-state index in [0.29, 0.717) is 5.56 Å². The minimum Gasteiger partial charge on any atom is -0.370 e. The molecule has 0 aromatic heterocycles. The van der Waals surface area contributed by atoms with Gasteiger partial charge in [-0.25, -0.2) is 4.39 Å². The molecule has 1 fully saturated rings. The third-order valence-electron chi connectivity index (χ3n) is 3.07. The molecule has 1 aliphatic rings. The van der Waals surface area contributed by atoms with Gasteiger partial charge in [0.05, 0.1) is 11.3 Å². The van der Waals surface area contributed by atoms with Crippen LogP contribution in [0.15, 0.2) is 18.2 Å². The molecule has 1 heterocycles. The fraction of sp³-hybridized carbons (Fsp3) is 0.462. The summed E-state index contributed by atoms with van der Waals surface area (Å²) in [5.41, 5.74) is 1.31. The highest BCUT2D eigenvalue weighted by Gasteiger charge is 2.27. The van der Waals surface area contributed by atoms with Crippen LogP contribution in [0.25, 0.3) is 0 Å². The van der Waals surface area contributed by atoms with E-state index in [2.05, 4.69) is 17.9 Å². The molecule has 1 aromatic rings. The highest BCUT2D eigenvalue weighted by molar-refractivity contribution is 5.60. The van der Waals surface area contributed by atoms with E-state index in [9.17, 15) is 4.39 Å². The van der Waals surface area contributed by atoms with Crippen LogP contribution in [0.2, 0.25) is 0 Å². The summed E-state index contributed by atoms with van der Waals surface area (Å²) in [7, 11) is 0. The molecule has 0 aliphatic carbocycles. The molecule has 1 saturated heterocycles. The van der Waals surface area contributed by atoms with Crippen molar-refractivity contribution in [3.8, 4) is 6.07 Å². The number of rotatable bonds is 3. The monoisotopic (exact) mass is 218 g/mol. The summed E-state index contributed by atoms with van der Waals surface area (Å²) in [5, 5.41) is 8.94. The quantitative estimate of drug-likeness (QED) is 0.780. The third-order valence-corrected chi connectivity index (χ3v) is 3.07. The van der Waals surface area contributed by atoms with Gasteiger partial charge in [0.2, 0.25) is 0 Å². The van der Waals surface area contributed by atoms with Crippen LogP contribution in [-0.2, 0) is 0 Å². The summed E-state index contributed by atoms with van der Waals surface area (Å²) in [5.74, 6) is 0.396. The van der Waals surface area contributed by atoms with Crippen molar-refractivity contribution in [1.82, 2.24) is 0 Å². The molecule has 0 amide bonds. The van der Waals surface area contributed by atoms with E-state index in [-0.39, 0.29) is 5.82 Å². The Morgan fingerprint density at radius 1 is 1.50 bits per heavy atom. The zero-order chi connectivity index (χ0) is 11.5. The summed E-state index contributed by atoms with van der Waals surface area (Å²) in [4.78, 5) is 2.15. The second-order valence-corrected chi connectivity index (χ2v) is 4.33. The predicted molar refractivity (Wildman–Crippen MR) is 61.7 cm³/mol. The molecule has 0 spiro atoms. The normalized spacial score (nSPS) is 15.7. The Hall–Kier alpha value is -1.56. The molecule has 16 heavy (non-hydrogen) atoms. The third kappa shape index (κ3) is 2.01. The van der Waals surface area contributed by atoms with Crippen molar-refractivity contribution in [2.75, 3.05) is 18.0 Å². The van der Waals surface area contributed by atoms with E-state index in [1.54, 1.807) is 6.07 Å². The largest absolute Gasteiger partial charge is 0.370 e. The number of halogens is 1. The molecule has 1 aliphatic heterocycles. The summed E-state index contributed by atoms with van der Waals surface area (Å²) < 4.78 is 12.9. The molecule has 0 bridgehead atoms. The van der Waals surface area contributed by atoms with Crippen molar-refractivity contribution < 1.29 is 4.39 Å². The fourth-order valence-electron chi connectivity index (χ4n) is 2.23. The fourth-order valence-corrected chi connectivity index (χ4v) is 2.23. The molecule has 0 N–H and O–H groups in total. The van der Waals surface area contributed by atoms with Gasteiger partial charge < -0.3 is 4.90 Å². The highest BCUT2D eigenvalue weighted by atomic mass is 19.1. The maximum atomic E-state index is 12.9. The second kappa shape index (κ2) is 4.52. The minimum atomic E-state index is -0.342. The van der Waals surface area contributed by atoms with Gasteiger partial charge in [-0.05, 0) is 30.5 Å². The maximum Gasteiger partial charge on any atom is 0.124 e. The SMILES string of the molecule is CCCC1CN(c2ccc(F)cc2C#N)C1. The molecular formula is C13H15FN2. The maximum absolute atomic E-state index is 12.9. The zero-order valence-corrected chi connectivity index (χ0v) is 9.41. The van der Waals surface area contributed by atoms with Crippen LogP contribution in [0.1, 0.15) is 25.3 Å². The van der Waals surface area contributed by atoms with Gasteiger partial charge in [0.25, 0.3) is 0 Å². The minimum absolute atomic E-state index is 0.342. The van der Waals surface area contributed by atoms with Gasteiger partial charge in [0.15, 0.2) is 0 Å². The topological polar surface area (TPSA) is 27.0 Å². The smallest absolute Gasteiger partial charge is 0.124 e. The number of nitrogens with zero attached hydrogens (tertiary/aromatic N) is 2. The van der Waals surface area contributed by atoms with Gasteiger partial charge in [-0.2, -0.15) is 5.26 Å². The first-order valence-electron chi connectivity index (χ1n) is 5.69. The van der Waals surface area contributed by atoms with Gasteiger partial charge >= 0.3 is 0 Å². The summed E-state index contributed by atoms with van der Waals surface area (Å²) in [6.45, 7) is 4.17. The first kappa shape index (κ1) is 10.9. The number of hydrogen-bond acceptors (Lipinski definition) is 2. The summed E-state index contributed by atoms with van der Waals surface area (Å²) in [6.07, 6.45) is 2.44. The Labute approximate surface area is 95.3 Å². The van der Waals surface area contributed by atoms with Crippen molar-refractivity contribution in [3.63, 3.8) is 0 Å². The Bertz CT molecular complexity index is 416. The van der Waals surface area contributed by atoms with Gasteiger partial charge in [-0.3, -0.25) is 0 Å². The van der Waals surface area contributed by atoms with E-state index < -0.39 is 0 Å². The van der Waals surface area contributed by atoms with Crippen molar-refractivity contribution in [2.24, 2.45) is 5.92 Å². The molecule has 0 unspecified atom stereocenters. The zero-order valence-electron chi connectivity index (χ0n) is 9.41. The highest BCUT2D eigenvalue weighted by Crippen LogP contribution is 2.30. The number of anilines is 1. The lowest BCUT2D eigenvalue weighted by Gasteiger charge is -2.41. The van der Waals surface area contributed by atoms with Crippen molar-refractivity contribution in [3.05, 3.63) is 29.6 Å². The van der Waals surface area contributed by atoms with Crippen LogP contribution >= 0.6 is 0 Å². The second-order valence-electron chi connectivity index (χ2n) is 4.33. The standard InChI is InChI=1S/C13H15FN2/c1-2-3-10-8-16(9-10)13-5-4-12(14)6-11(13)7-15/h4-6,10H,2-3,8-9H2,1H3. The van der Waals surface area contributed by atoms with Crippen LogP contribution in [0.4, 0.5) is 10.1 Å². The van der Waals surface area contributed by atoms with Gasteiger partial charge in [-0.1, -0.05) is 13.3 Å². The lowest BCUT2D eigenvalue weighted by Crippen LogP contribution is -2.47. The molecule has 2 nitrogen and oxygen atoms in total. The molecule has 2 rings (SSSR count). The van der Waals surface area contributed by atoms with Gasteiger partial charge in [0.1, 0.15) is 11.9 Å². The van der Waals surface area contributed by atoms with Crippen molar-refractivity contribution in [2.45, 2.75) is 19.8 Å². The van der Waals surface area contributed by atoms with Crippen LogP contribution in [0, 0.1) is 23.1 Å². The van der Waals surface area contributed by atoms with Crippen molar-refractivity contribution >= 4 is 5.69 Å². The Morgan fingerprint density at radius 2 is 2.25 bits per heavy atom. The van der Waals surface area contributed by atoms with E-state index in [0.717, 1.165) is 24.7 Å². The van der Waals surface area contributed by atoms with Gasteiger partial charge in [0, 0.05) is 13.1 Å². The van der Waals surface area contributed by atoms with Crippen LogP contribution in [-0.4, -0.2) is 13.1 Å². The number of nitriles is 1. The van der Waals surface area contributed by atoms with E-state index in [1.165, 1.54) is 25.0 Å². The average Bonchev–Trinajstić information content (AvgIpc) is 2.23. The van der Waals surface area contributed by atoms with Gasteiger partial charge in [-0.15, -0.1) is 0 Å². The Balaban J connectivity index is 2.09.